The van der Waals surface area contributed by atoms with Gasteiger partial charge in [0.1, 0.15) is 34.0 Å². The lowest BCUT2D eigenvalue weighted by molar-refractivity contribution is -0.141. The number of phenols is 1. The Morgan fingerprint density at radius 1 is 0.918 bits per heavy atom. The summed E-state index contributed by atoms with van der Waals surface area (Å²) in [7, 11) is 0. The van der Waals surface area contributed by atoms with Crippen molar-refractivity contribution in [3.05, 3.63) is 107 Å². The molecule has 6 atom stereocenters. The number of nitrogens with zero attached hydrogens (tertiary/aromatic N) is 8. The van der Waals surface area contributed by atoms with E-state index in [0.29, 0.717) is 64.9 Å². The van der Waals surface area contributed by atoms with E-state index in [-0.39, 0.29) is 29.5 Å². The van der Waals surface area contributed by atoms with Gasteiger partial charge in [-0.2, -0.15) is 0 Å². The average Bonchev–Trinajstić information content (AvgIpc) is 4.00. The van der Waals surface area contributed by atoms with Gasteiger partial charge in [0.05, 0.1) is 27.8 Å². The molecule has 1 aliphatic carbocycles. The molecule has 5 aromatic heterocycles. The first-order valence-electron chi connectivity index (χ1n) is 20.8. The van der Waals surface area contributed by atoms with E-state index in [9.17, 15) is 14.7 Å². The molecule has 61 heavy (non-hydrogen) atoms. The average molecular weight is 852 g/mol. The molecule has 2 aliphatic heterocycles. The number of carbonyl (C=O) groups is 2. The molecule has 0 radical (unpaired) electrons. The summed E-state index contributed by atoms with van der Waals surface area (Å²) in [4.78, 5) is 49.1. The largest absolute Gasteiger partial charge is 0.507 e. The van der Waals surface area contributed by atoms with Gasteiger partial charge >= 0.3 is 0 Å². The number of aryl methyl sites for hydroxylation is 1. The van der Waals surface area contributed by atoms with Crippen molar-refractivity contribution < 1.29 is 19.2 Å². The number of hydrogen-bond acceptors (Lipinski definition) is 13. The summed E-state index contributed by atoms with van der Waals surface area (Å²) in [5, 5.41) is 27.7. The highest BCUT2D eigenvalue weighted by Gasteiger charge is 2.57. The SMILES string of the molecule is Cc1ncsc1-c1ccc([C@H](C)NC(=O)[C@@H]2CCCN2C(=O)[C@@H](c2cc(-c3cnc(N4CC5C(c6cc7cc(-c8ccccc8O)nnc7s6)[C@@H]5C4)nc3)no2)C(C)C)cc1. The minimum atomic E-state index is -0.605. The molecule has 3 aliphatic rings. The molecular formula is C46H45N9O4S2. The number of hydrogen-bond donors (Lipinski definition) is 2. The minimum absolute atomic E-state index is 0.0944. The molecule has 13 nitrogen and oxygen atoms in total. The Morgan fingerprint density at radius 2 is 1.69 bits per heavy atom. The topological polar surface area (TPSA) is 163 Å². The van der Waals surface area contributed by atoms with Crippen molar-refractivity contribution in [2.45, 2.75) is 64.5 Å². The third-order valence-electron chi connectivity index (χ3n) is 12.6. The molecule has 10 rings (SSSR count). The minimum Gasteiger partial charge on any atom is -0.507 e. The number of likely N-dealkylation sites (tertiary alicyclic amines) is 1. The van der Waals surface area contributed by atoms with Crippen LogP contribution in [-0.2, 0) is 9.59 Å². The van der Waals surface area contributed by atoms with Crippen LogP contribution in [0.3, 0.4) is 0 Å². The molecule has 1 saturated carbocycles. The number of para-hydroxylation sites is 1. The highest BCUT2D eigenvalue weighted by Crippen LogP contribution is 2.60. The quantitative estimate of drug-likeness (QED) is 0.129. The summed E-state index contributed by atoms with van der Waals surface area (Å²) in [6, 6.07) is 20.7. The molecule has 2 N–H and O–H groups in total. The Balaban J connectivity index is 0.763. The van der Waals surface area contributed by atoms with Crippen LogP contribution in [0.1, 0.15) is 73.4 Å². The van der Waals surface area contributed by atoms with E-state index in [1.54, 1.807) is 52.1 Å². The lowest BCUT2D eigenvalue weighted by Crippen LogP contribution is -2.48. The summed E-state index contributed by atoms with van der Waals surface area (Å²) in [5.74, 6) is 1.86. The standard InChI is InChI=1S/C46H45N9O4S2/c1-24(2)40(45(58)55-15-7-9-36(55)43(57)50-25(3)27-11-13-28(14-12-27)42-26(4)49-23-60-42)38-18-34(53-59-38)30-19-47-46(48-20-30)54-21-32-33(22-54)41(32)39-17-29-16-35(51-52-44(29)61-39)31-8-5-6-10-37(31)56/h5-6,8,10-14,16-20,23-25,32-33,36,40-41,56H,7,9,15,21-22H2,1-4H3,(H,50,57)/t25-,32+,33?,36-,40+,41?/m0/s1. The van der Waals surface area contributed by atoms with Gasteiger partial charge in [-0.15, -0.1) is 32.9 Å². The van der Waals surface area contributed by atoms with Crippen LogP contribution in [-0.4, -0.2) is 77.8 Å². The summed E-state index contributed by atoms with van der Waals surface area (Å²) in [6.07, 6.45) is 4.88. The van der Waals surface area contributed by atoms with Crippen molar-refractivity contribution in [3.63, 3.8) is 0 Å². The van der Waals surface area contributed by atoms with Crippen LogP contribution in [0.5, 0.6) is 5.75 Å². The zero-order chi connectivity index (χ0) is 41.9. The predicted octanol–water partition coefficient (Wildman–Crippen LogP) is 8.40. The number of aromatic nitrogens is 6. The van der Waals surface area contributed by atoms with E-state index < -0.39 is 12.0 Å². The maximum atomic E-state index is 14.3. The van der Waals surface area contributed by atoms with E-state index >= 15 is 0 Å². The highest BCUT2D eigenvalue weighted by molar-refractivity contribution is 7.18. The van der Waals surface area contributed by atoms with Gasteiger partial charge in [-0.05, 0) is 79.8 Å². The number of nitrogens with one attached hydrogen (secondary N) is 1. The first-order chi connectivity index (χ1) is 29.6. The molecule has 2 amide bonds. The highest BCUT2D eigenvalue weighted by atomic mass is 32.1. The molecule has 2 aromatic carbocycles. The number of fused-ring (bicyclic) bond motifs is 2. The Kier molecular flexibility index (Phi) is 10.1. The number of phenolic OH excluding ortho intramolecular Hbond substituents is 1. The lowest BCUT2D eigenvalue weighted by atomic mass is 9.91. The van der Waals surface area contributed by atoms with Crippen molar-refractivity contribution in [2.24, 2.45) is 17.8 Å². The number of piperidine rings is 1. The first-order valence-corrected chi connectivity index (χ1v) is 22.5. The Morgan fingerprint density at radius 3 is 2.41 bits per heavy atom. The number of anilines is 1. The van der Waals surface area contributed by atoms with Crippen LogP contribution in [0.15, 0.2) is 89.2 Å². The predicted molar refractivity (Wildman–Crippen MR) is 235 cm³/mol. The van der Waals surface area contributed by atoms with Gasteiger partial charge in [-0.25, -0.2) is 15.0 Å². The fourth-order valence-corrected chi connectivity index (χ4v) is 11.3. The van der Waals surface area contributed by atoms with Gasteiger partial charge in [-0.3, -0.25) is 9.59 Å². The number of rotatable bonds is 11. The fraction of sp³-hybridized carbons (Fsp3) is 0.348. The number of amides is 2. The second-order valence-electron chi connectivity index (χ2n) is 16.8. The second kappa shape index (κ2) is 15.8. The van der Waals surface area contributed by atoms with Gasteiger partial charge < -0.3 is 24.7 Å². The molecule has 7 aromatic rings. The van der Waals surface area contributed by atoms with Crippen LogP contribution in [0, 0.1) is 24.7 Å². The van der Waals surface area contributed by atoms with Gasteiger partial charge in [-0.1, -0.05) is 55.4 Å². The monoisotopic (exact) mass is 851 g/mol. The number of thiazole rings is 1. The van der Waals surface area contributed by atoms with Gasteiger partial charge in [0.15, 0.2) is 0 Å². The lowest BCUT2D eigenvalue weighted by Gasteiger charge is -2.29. The molecule has 3 fully saturated rings. The molecule has 0 spiro atoms. The summed E-state index contributed by atoms with van der Waals surface area (Å²) in [5.41, 5.74) is 7.55. The van der Waals surface area contributed by atoms with Crippen molar-refractivity contribution >= 4 is 50.7 Å². The van der Waals surface area contributed by atoms with Crippen molar-refractivity contribution in [1.29, 1.82) is 0 Å². The molecular weight excluding hydrogens is 807 g/mol. The molecule has 7 heterocycles. The zero-order valence-corrected chi connectivity index (χ0v) is 35.9. The molecule has 0 bridgehead atoms. The third-order valence-corrected chi connectivity index (χ3v) is 14.7. The molecule has 310 valence electrons. The Bertz CT molecular complexity index is 2740. The van der Waals surface area contributed by atoms with E-state index in [2.05, 4.69) is 48.8 Å². The second-order valence-corrected chi connectivity index (χ2v) is 18.7. The van der Waals surface area contributed by atoms with E-state index in [1.165, 1.54) is 4.88 Å². The van der Waals surface area contributed by atoms with Gasteiger partial charge in [0.2, 0.25) is 17.8 Å². The summed E-state index contributed by atoms with van der Waals surface area (Å²) >= 11 is 3.32. The molecule has 15 heteroatoms. The van der Waals surface area contributed by atoms with Crippen molar-refractivity contribution in [3.8, 4) is 38.7 Å². The van der Waals surface area contributed by atoms with Crippen LogP contribution < -0.4 is 10.2 Å². The Hall–Kier alpha value is -6.06. The molecule has 2 unspecified atom stereocenters. The van der Waals surface area contributed by atoms with Crippen LogP contribution in [0.2, 0.25) is 0 Å². The zero-order valence-electron chi connectivity index (χ0n) is 34.2. The van der Waals surface area contributed by atoms with Crippen molar-refractivity contribution in [1.82, 2.24) is 40.5 Å². The van der Waals surface area contributed by atoms with Crippen LogP contribution in [0.4, 0.5) is 5.95 Å². The summed E-state index contributed by atoms with van der Waals surface area (Å²) in [6.45, 7) is 10.2. The summed E-state index contributed by atoms with van der Waals surface area (Å²) < 4.78 is 5.86. The third kappa shape index (κ3) is 7.33. The smallest absolute Gasteiger partial charge is 0.243 e. The number of benzene rings is 2. The fourth-order valence-electron chi connectivity index (χ4n) is 9.27. The van der Waals surface area contributed by atoms with Gasteiger partial charge in [0, 0.05) is 65.4 Å². The van der Waals surface area contributed by atoms with E-state index in [1.807, 2.05) is 69.6 Å². The number of aromatic hydroxyl groups is 1. The normalized spacial score (nSPS) is 20.6. The Labute approximate surface area is 360 Å². The molecule has 2 saturated heterocycles. The maximum absolute atomic E-state index is 14.3. The van der Waals surface area contributed by atoms with E-state index in [0.717, 1.165) is 51.4 Å². The van der Waals surface area contributed by atoms with Crippen LogP contribution >= 0.6 is 22.7 Å². The van der Waals surface area contributed by atoms with Crippen LogP contribution in [0.25, 0.3) is 43.2 Å². The number of thiophene rings is 1. The van der Waals surface area contributed by atoms with Gasteiger partial charge in [0.25, 0.3) is 0 Å². The van der Waals surface area contributed by atoms with Crippen molar-refractivity contribution in [2.75, 3.05) is 24.5 Å². The van der Waals surface area contributed by atoms with E-state index in [4.69, 9.17) is 14.5 Å². The first kappa shape index (κ1) is 39.1. The number of carbonyl (C=O) groups excluding carboxylic acids is 2. The maximum Gasteiger partial charge on any atom is 0.243 e.